The van der Waals surface area contributed by atoms with E-state index in [4.69, 9.17) is 0 Å². The van der Waals surface area contributed by atoms with Crippen LogP contribution in [0.3, 0.4) is 0 Å². The Morgan fingerprint density at radius 3 is 2.91 bits per heavy atom. The molecule has 1 unspecified atom stereocenters. The first kappa shape index (κ1) is 14.3. The number of amides is 1. The number of para-hydroxylation sites is 1. The minimum Gasteiger partial charge on any atom is -0.361 e. The lowest BCUT2D eigenvalue weighted by molar-refractivity contribution is -0.128. The number of hydrogen-bond donors (Lipinski definition) is 1. The van der Waals surface area contributed by atoms with Crippen LogP contribution in [0.15, 0.2) is 55.0 Å². The number of carbonyl (C=O) groups excluding carboxylic acids is 1. The van der Waals surface area contributed by atoms with Crippen molar-refractivity contribution in [2.45, 2.75) is 11.8 Å². The number of fused-ring (bicyclic) bond motifs is 1. The van der Waals surface area contributed by atoms with Crippen molar-refractivity contribution in [2.24, 2.45) is 0 Å². The maximum atomic E-state index is 12.3. The van der Waals surface area contributed by atoms with Crippen molar-refractivity contribution in [1.29, 1.82) is 0 Å². The van der Waals surface area contributed by atoms with Crippen LogP contribution in [-0.4, -0.2) is 33.1 Å². The van der Waals surface area contributed by atoms with Gasteiger partial charge >= 0.3 is 0 Å². The summed E-state index contributed by atoms with van der Waals surface area (Å²) < 4.78 is 0. The van der Waals surface area contributed by atoms with Gasteiger partial charge in [-0.05, 0) is 30.2 Å². The Labute approximate surface area is 138 Å². The third-order valence-electron chi connectivity index (χ3n) is 4.25. The van der Waals surface area contributed by atoms with Gasteiger partial charge in [0.2, 0.25) is 5.91 Å². The molecule has 0 spiro atoms. The third kappa shape index (κ3) is 2.72. The highest BCUT2D eigenvalue weighted by atomic mass is 32.2. The highest BCUT2D eigenvalue weighted by Crippen LogP contribution is 2.41. The summed E-state index contributed by atoms with van der Waals surface area (Å²) >= 11 is 1.71. The molecule has 0 bridgehead atoms. The maximum Gasteiger partial charge on any atom is 0.233 e. The van der Waals surface area contributed by atoms with Gasteiger partial charge < -0.3 is 9.88 Å². The van der Waals surface area contributed by atoms with E-state index in [0.29, 0.717) is 5.75 Å². The number of aromatic nitrogens is 2. The Morgan fingerprint density at radius 1 is 1.22 bits per heavy atom. The minimum absolute atomic E-state index is 0.0977. The van der Waals surface area contributed by atoms with E-state index in [1.165, 1.54) is 16.5 Å². The normalized spacial score (nSPS) is 18.0. The summed E-state index contributed by atoms with van der Waals surface area (Å²) in [5, 5.41) is 1.30. The van der Waals surface area contributed by atoms with Crippen LogP contribution in [0.25, 0.3) is 10.9 Å². The molecule has 23 heavy (non-hydrogen) atoms. The second-order valence-electron chi connectivity index (χ2n) is 5.65. The van der Waals surface area contributed by atoms with E-state index < -0.39 is 0 Å². The van der Waals surface area contributed by atoms with Gasteiger partial charge in [0.05, 0.1) is 5.75 Å². The highest BCUT2D eigenvalue weighted by molar-refractivity contribution is 8.00. The van der Waals surface area contributed by atoms with E-state index in [-0.39, 0.29) is 11.3 Å². The number of pyridine rings is 1. The van der Waals surface area contributed by atoms with Crippen molar-refractivity contribution >= 4 is 28.6 Å². The molecule has 0 aliphatic carbocycles. The SMILES string of the molecule is O=C1CSC(c2c[nH]c3ccccc23)N1CCc1ccncc1. The summed E-state index contributed by atoms with van der Waals surface area (Å²) in [5.74, 6) is 0.778. The fourth-order valence-corrected chi connectivity index (χ4v) is 4.29. The van der Waals surface area contributed by atoms with Gasteiger partial charge in [-0.2, -0.15) is 0 Å². The smallest absolute Gasteiger partial charge is 0.233 e. The van der Waals surface area contributed by atoms with Crippen LogP contribution in [0.1, 0.15) is 16.5 Å². The number of thioether (sulfide) groups is 1. The number of nitrogens with one attached hydrogen (secondary N) is 1. The lowest BCUT2D eigenvalue weighted by Crippen LogP contribution is -2.30. The number of carbonyl (C=O) groups is 1. The molecular formula is C18H17N3OS. The third-order valence-corrected chi connectivity index (χ3v) is 5.48. The molecule has 1 aliphatic heterocycles. The highest BCUT2D eigenvalue weighted by Gasteiger charge is 2.33. The second-order valence-corrected chi connectivity index (χ2v) is 6.71. The van der Waals surface area contributed by atoms with Gasteiger partial charge in [-0.25, -0.2) is 0 Å². The molecule has 1 saturated heterocycles. The topological polar surface area (TPSA) is 49.0 Å². The van der Waals surface area contributed by atoms with Crippen LogP contribution in [0, 0.1) is 0 Å². The number of hydrogen-bond acceptors (Lipinski definition) is 3. The molecule has 1 atom stereocenters. The Morgan fingerprint density at radius 2 is 2.04 bits per heavy atom. The maximum absolute atomic E-state index is 12.3. The van der Waals surface area contributed by atoms with Gasteiger partial charge in [0.1, 0.15) is 5.37 Å². The zero-order chi connectivity index (χ0) is 15.6. The summed E-state index contributed by atoms with van der Waals surface area (Å²) in [4.78, 5) is 21.7. The zero-order valence-corrected chi connectivity index (χ0v) is 13.4. The quantitative estimate of drug-likeness (QED) is 0.801. The van der Waals surface area contributed by atoms with Crippen molar-refractivity contribution in [2.75, 3.05) is 12.3 Å². The molecule has 1 fully saturated rings. The van der Waals surface area contributed by atoms with E-state index in [9.17, 15) is 4.79 Å². The van der Waals surface area contributed by atoms with Crippen molar-refractivity contribution in [3.8, 4) is 0 Å². The van der Waals surface area contributed by atoms with Gasteiger partial charge in [0, 0.05) is 41.6 Å². The molecule has 116 valence electrons. The molecule has 1 amide bonds. The summed E-state index contributed by atoms with van der Waals surface area (Å²) in [5.41, 5.74) is 3.53. The van der Waals surface area contributed by atoms with Crippen molar-refractivity contribution in [3.05, 3.63) is 66.1 Å². The molecule has 1 aromatic carbocycles. The van der Waals surface area contributed by atoms with Crippen LogP contribution in [0.4, 0.5) is 0 Å². The Kier molecular flexibility index (Phi) is 3.79. The molecule has 1 N–H and O–H groups in total. The molecule has 3 aromatic rings. The van der Waals surface area contributed by atoms with Crippen LogP contribution >= 0.6 is 11.8 Å². The van der Waals surface area contributed by atoms with E-state index in [0.717, 1.165) is 18.5 Å². The first-order valence-electron chi connectivity index (χ1n) is 7.69. The predicted octanol–water partition coefficient (Wildman–Crippen LogP) is 3.38. The number of rotatable bonds is 4. The van der Waals surface area contributed by atoms with Gasteiger partial charge in [-0.1, -0.05) is 18.2 Å². The van der Waals surface area contributed by atoms with Gasteiger partial charge in [0.25, 0.3) is 0 Å². The first-order chi connectivity index (χ1) is 11.3. The number of aromatic amines is 1. The molecule has 2 aromatic heterocycles. The lowest BCUT2D eigenvalue weighted by atomic mass is 10.1. The van der Waals surface area contributed by atoms with E-state index >= 15 is 0 Å². The monoisotopic (exact) mass is 323 g/mol. The first-order valence-corrected chi connectivity index (χ1v) is 8.74. The van der Waals surface area contributed by atoms with Crippen LogP contribution in [0.2, 0.25) is 0 Å². The van der Waals surface area contributed by atoms with Gasteiger partial charge in [0.15, 0.2) is 0 Å². The van der Waals surface area contributed by atoms with Crippen LogP contribution < -0.4 is 0 Å². The van der Waals surface area contributed by atoms with Gasteiger partial charge in [-0.15, -0.1) is 11.8 Å². The largest absolute Gasteiger partial charge is 0.361 e. The molecular weight excluding hydrogens is 306 g/mol. The minimum atomic E-state index is 0.0977. The molecule has 3 heterocycles. The van der Waals surface area contributed by atoms with Crippen molar-refractivity contribution < 1.29 is 4.79 Å². The van der Waals surface area contributed by atoms with E-state index in [1.807, 2.05) is 35.4 Å². The molecule has 4 rings (SSSR count). The van der Waals surface area contributed by atoms with E-state index in [2.05, 4.69) is 22.1 Å². The summed E-state index contributed by atoms with van der Waals surface area (Å²) in [6.07, 6.45) is 6.49. The number of benzene rings is 1. The number of H-pyrrole nitrogens is 1. The Bertz CT molecular complexity index is 830. The fourth-order valence-electron chi connectivity index (χ4n) is 3.05. The van der Waals surface area contributed by atoms with Gasteiger partial charge in [-0.3, -0.25) is 9.78 Å². The summed E-state index contributed by atoms with van der Waals surface area (Å²) in [7, 11) is 0. The standard InChI is InChI=1S/C18H17N3OS/c22-17-12-23-18(15-11-20-16-4-2-1-3-14(15)16)21(17)10-7-13-5-8-19-9-6-13/h1-6,8-9,11,18,20H,7,10,12H2. The average molecular weight is 323 g/mol. The lowest BCUT2D eigenvalue weighted by Gasteiger charge is -2.23. The van der Waals surface area contributed by atoms with Crippen molar-refractivity contribution in [1.82, 2.24) is 14.9 Å². The fraction of sp³-hybridized carbons (Fsp3) is 0.222. The summed E-state index contributed by atoms with van der Waals surface area (Å²) in [6, 6.07) is 12.3. The van der Waals surface area contributed by atoms with Crippen molar-refractivity contribution in [3.63, 3.8) is 0 Å². The average Bonchev–Trinajstić information content (AvgIpc) is 3.17. The molecule has 0 radical (unpaired) electrons. The molecule has 5 heteroatoms. The second kappa shape index (κ2) is 6.08. The Balaban J connectivity index is 1.59. The van der Waals surface area contributed by atoms with Crippen LogP contribution in [-0.2, 0) is 11.2 Å². The zero-order valence-electron chi connectivity index (χ0n) is 12.6. The Hall–Kier alpha value is -2.27. The number of nitrogens with zero attached hydrogens (tertiary/aromatic N) is 2. The van der Waals surface area contributed by atoms with Crippen LogP contribution in [0.5, 0.6) is 0 Å². The predicted molar refractivity (Wildman–Crippen MR) is 93.2 cm³/mol. The van der Waals surface area contributed by atoms with E-state index in [1.54, 1.807) is 24.2 Å². The summed E-state index contributed by atoms with van der Waals surface area (Å²) in [6.45, 7) is 0.736. The molecule has 0 saturated carbocycles. The molecule has 4 nitrogen and oxygen atoms in total. The molecule has 1 aliphatic rings.